The standard InChI is InChI=1S/C8H8BrNS2/c1-12-8-4-7(9)3-2-6(8)5-10-11/h2-5,11H,1H3/b10-5+. The molecule has 4 heteroatoms. The molecule has 0 bridgehead atoms. The van der Waals surface area contributed by atoms with Gasteiger partial charge in [0.2, 0.25) is 0 Å². The minimum atomic E-state index is 1.09. The Kier molecular flexibility index (Phi) is 4.18. The second kappa shape index (κ2) is 4.94. The summed E-state index contributed by atoms with van der Waals surface area (Å²) in [6, 6.07) is 6.07. The van der Waals surface area contributed by atoms with Crippen molar-refractivity contribution < 1.29 is 0 Å². The molecule has 0 saturated carbocycles. The molecular weight excluding hydrogens is 254 g/mol. The quantitative estimate of drug-likeness (QED) is 0.489. The molecule has 1 nitrogen and oxygen atoms in total. The second-order valence-electron chi connectivity index (χ2n) is 2.13. The van der Waals surface area contributed by atoms with E-state index >= 15 is 0 Å². The molecule has 0 atom stereocenters. The van der Waals surface area contributed by atoms with E-state index in [1.54, 1.807) is 18.0 Å². The zero-order chi connectivity index (χ0) is 8.97. The van der Waals surface area contributed by atoms with Gasteiger partial charge in [0.15, 0.2) is 0 Å². The monoisotopic (exact) mass is 261 g/mol. The minimum absolute atomic E-state index is 1.09. The third-order valence-corrected chi connectivity index (χ3v) is 2.79. The van der Waals surface area contributed by atoms with Crippen LogP contribution in [0.25, 0.3) is 0 Å². The van der Waals surface area contributed by atoms with Crippen LogP contribution in [0.1, 0.15) is 5.56 Å². The largest absolute Gasteiger partial charge is 0.227 e. The van der Waals surface area contributed by atoms with E-state index in [4.69, 9.17) is 0 Å². The van der Waals surface area contributed by atoms with Crippen LogP contribution < -0.4 is 0 Å². The maximum atomic E-state index is 3.79. The van der Waals surface area contributed by atoms with E-state index < -0.39 is 0 Å². The van der Waals surface area contributed by atoms with Crippen LogP contribution in [0.2, 0.25) is 0 Å². The third-order valence-electron chi connectivity index (χ3n) is 1.39. The van der Waals surface area contributed by atoms with Crippen molar-refractivity contribution in [3.63, 3.8) is 0 Å². The Morgan fingerprint density at radius 3 is 2.92 bits per heavy atom. The molecule has 0 N–H and O–H groups in total. The van der Waals surface area contributed by atoms with Gasteiger partial charge in [0.1, 0.15) is 0 Å². The van der Waals surface area contributed by atoms with E-state index in [1.165, 1.54) is 4.90 Å². The lowest BCUT2D eigenvalue weighted by molar-refractivity contribution is 1.41. The van der Waals surface area contributed by atoms with Gasteiger partial charge in [-0.25, -0.2) is 4.40 Å². The number of hydrogen-bond acceptors (Lipinski definition) is 3. The molecule has 0 radical (unpaired) electrons. The predicted octanol–water partition coefficient (Wildman–Crippen LogP) is 3.43. The van der Waals surface area contributed by atoms with Crippen LogP contribution in [0, 0.1) is 0 Å². The van der Waals surface area contributed by atoms with Gasteiger partial charge >= 0.3 is 0 Å². The Labute approximate surface area is 90.3 Å². The summed E-state index contributed by atoms with van der Waals surface area (Å²) in [5, 5.41) is 0. The molecule has 0 saturated heterocycles. The Morgan fingerprint density at radius 1 is 1.58 bits per heavy atom. The number of hydrogen-bond donors (Lipinski definition) is 1. The smallest absolute Gasteiger partial charge is 0.0432 e. The highest BCUT2D eigenvalue weighted by Crippen LogP contribution is 2.23. The highest BCUT2D eigenvalue weighted by atomic mass is 79.9. The molecule has 64 valence electrons. The maximum absolute atomic E-state index is 3.79. The summed E-state index contributed by atoms with van der Waals surface area (Å²) < 4.78 is 4.77. The van der Waals surface area contributed by atoms with Gasteiger partial charge in [-0.3, -0.25) is 0 Å². The molecular formula is C8H8BrNS2. The molecule has 0 aliphatic carbocycles. The molecule has 0 aromatic heterocycles. The molecule has 0 heterocycles. The summed E-state index contributed by atoms with van der Waals surface area (Å²) >= 11 is 8.90. The van der Waals surface area contributed by atoms with E-state index in [9.17, 15) is 0 Å². The SMILES string of the molecule is CSc1cc(Br)ccc1/C=N/S. The zero-order valence-corrected chi connectivity index (χ0v) is 9.79. The third kappa shape index (κ3) is 2.54. The minimum Gasteiger partial charge on any atom is -0.227 e. The highest BCUT2D eigenvalue weighted by Gasteiger charge is 1.98. The number of halogens is 1. The van der Waals surface area contributed by atoms with E-state index in [0.717, 1.165) is 10.0 Å². The van der Waals surface area contributed by atoms with Crippen molar-refractivity contribution in [2.24, 2.45) is 4.40 Å². The Morgan fingerprint density at radius 2 is 2.33 bits per heavy atom. The van der Waals surface area contributed by atoms with Crippen molar-refractivity contribution in [2.45, 2.75) is 4.90 Å². The molecule has 0 aliphatic rings. The summed E-state index contributed by atoms with van der Waals surface area (Å²) in [5.41, 5.74) is 1.10. The number of nitrogens with zero attached hydrogens (tertiary/aromatic N) is 1. The fourth-order valence-corrected chi connectivity index (χ4v) is 2.09. The average Bonchev–Trinajstić information content (AvgIpc) is 2.08. The first-order chi connectivity index (χ1) is 5.77. The second-order valence-corrected chi connectivity index (χ2v) is 4.13. The van der Waals surface area contributed by atoms with Crippen molar-refractivity contribution in [1.82, 2.24) is 0 Å². The molecule has 0 fully saturated rings. The summed E-state index contributed by atoms with van der Waals surface area (Å²) in [7, 11) is 0. The molecule has 1 aromatic rings. The van der Waals surface area contributed by atoms with Crippen molar-refractivity contribution >= 4 is 46.7 Å². The lowest BCUT2D eigenvalue weighted by Gasteiger charge is -2.01. The maximum Gasteiger partial charge on any atom is 0.0432 e. The number of benzene rings is 1. The number of rotatable bonds is 2. The first-order valence-corrected chi connectivity index (χ1v) is 5.70. The molecule has 12 heavy (non-hydrogen) atoms. The van der Waals surface area contributed by atoms with Gasteiger partial charge in [0.25, 0.3) is 0 Å². The van der Waals surface area contributed by atoms with Crippen molar-refractivity contribution in [3.8, 4) is 0 Å². The van der Waals surface area contributed by atoms with Gasteiger partial charge in [0.05, 0.1) is 0 Å². The lowest BCUT2D eigenvalue weighted by atomic mass is 10.2. The van der Waals surface area contributed by atoms with Gasteiger partial charge in [-0.2, -0.15) is 0 Å². The Hall–Kier alpha value is 0.0700. The average molecular weight is 262 g/mol. The highest BCUT2D eigenvalue weighted by molar-refractivity contribution is 9.10. The first kappa shape index (κ1) is 10.2. The number of thiol groups is 1. The Bertz CT molecular complexity index is 299. The van der Waals surface area contributed by atoms with E-state index in [1.807, 2.05) is 18.4 Å². The van der Waals surface area contributed by atoms with Gasteiger partial charge in [-0.05, 0) is 31.2 Å². The van der Waals surface area contributed by atoms with E-state index in [-0.39, 0.29) is 0 Å². The van der Waals surface area contributed by atoms with Crippen LogP contribution >= 0.6 is 40.5 Å². The number of thioether (sulfide) groups is 1. The van der Waals surface area contributed by atoms with Crippen LogP contribution in [0.3, 0.4) is 0 Å². The van der Waals surface area contributed by atoms with Crippen molar-refractivity contribution in [2.75, 3.05) is 6.26 Å². The van der Waals surface area contributed by atoms with Gasteiger partial charge in [-0.1, -0.05) is 22.0 Å². The molecule has 0 aliphatic heterocycles. The molecule has 0 amide bonds. The fourth-order valence-electron chi connectivity index (χ4n) is 0.854. The molecule has 0 spiro atoms. The predicted molar refractivity (Wildman–Crippen MR) is 62.5 cm³/mol. The first-order valence-electron chi connectivity index (χ1n) is 3.29. The fraction of sp³-hybridized carbons (Fsp3) is 0.125. The van der Waals surface area contributed by atoms with Crippen LogP contribution in [0.15, 0.2) is 32.0 Å². The van der Waals surface area contributed by atoms with Crippen LogP contribution in [-0.4, -0.2) is 12.5 Å². The van der Waals surface area contributed by atoms with Gasteiger partial charge in [-0.15, -0.1) is 11.8 Å². The van der Waals surface area contributed by atoms with Gasteiger partial charge < -0.3 is 0 Å². The van der Waals surface area contributed by atoms with Crippen molar-refractivity contribution in [3.05, 3.63) is 28.2 Å². The topological polar surface area (TPSA) is 12.4 Å². The summed E-state index contributed by atoms with van der Waals surface area (Å²) in [6.45, 7) is 0. The lowest BCUT2D eigenvalue weighted by Crippen LogP contribution is -1.83. The van der Waals surface area contributed by atoms with E-state index in [2.05, 4.69) is 39.2 Å². The summed E-state index contributed by atoms with van der Waals surface area (Å²) in [5.74, 6) is 0. The zero-order valence-electron chi connectivity index (χ0n) is 6.49. The summed E-state index contributed by atoms with van der Waals surface area (Å²) in [6.07, 6.45) is 3.78. The molecule has 1 rings (SSSR count). The van der Waals surface area contributed by atoms with Crippen LogP contribution in [0.5, 0.6) is 0 Å². The van der Waals surface area contributed by atoms with E-state index in [0.29, 0.717) is 0 Å². The summed E-state index contributed by atoms with van der Waals surface area (Å²) in [4.78, 5) is 1.20. The van der Waals surface area contributed by atoms with Crippen molar-refractivity contribution in [1.29, 1.82) is 0 Å². The van der Waals surface area contributed by atoms with Crippen LogP contribution in [0.4, 0.5) is 0 Å². The Balaban J connectivity index is 3.10. The molecule has 0 unspecified atom stereocenters. The normalized spacial score (nSPS) is 10.9. The molecule has 1 aromatic carbocycles. The van der Waals surface area contributed by atoms with Crippen LogP contribution in [-0.2, 0) is 0 Å². The van der Waals surface area contributed by atoms with Gasteiger partial charge in [0, 0.05) is 21.1 Å².